The highest BCUT2D eigenvalue weighted by Crippen LogP contribution is 2.35. The monoisotopic (exact) mass is 334 g/mol. The average molecular weight is 334 g/mol. The molecule has 1 rings (SSSR count). The smallest absolute Gasteiger partial charge is 0.303 e. The molecule has 0 spiro atoms. The summed E-state index contributed by atoms with van der Waals surface area (Å²) in [4.78, 5) is 22.9. The van der Waals surface area contributed by atoms with Gasteiger partial charge in [0, 0.05) is 13.8 Å². The lowest BCUT2D eigenvalue weighted by molar-refractivity contribution is -0.155. The molecule has 0 amide bonds. The van der Waals surface area contributed by atoms with Gasteiger partial charge in [-0.05, 0) is 55.9 Å². The minimum Gasteiger partial charge on any atom is -0.455 e. The van der Waals surface area contributed by atoms with Gasteiger partial charge < -0.3 is 9.47 Å². The van der Waals surface area contributed by atoms with Crippen LogP contribution in [0.4, 0.5) is 0 Å². The Balaban J connectivity index is 3.54. The van der Waals surface area contributed by atoms with E-state index in [9.17, 15) is 9.59 Å². The van der Waals surface area contributed by atoms with Crippen LogP contribution in [-0.2, 0) is 35.7 Å². The fraction of sp³-hybridized carbons (Fsp3) is 0.600. The van der Waals surface area contributed by atoms with E-state index >= 15 is 0 Å². The van der Waals surface area contributed by atoms with Crippen LogP contribution in [0.5, 0.6) is 0 Å². The summed E-state index contributed by atoms with van der Waals surface area (Å²) in [5.74, 6) is -0.663. The molecule has 0 aliphatic rings. The zero-order valence-corrected chi connectivity index (χ0v) is 16.4. The fourth-order valence-corrected chi connectivity index (χ4v) is 2.59. The highest BCUT2D eigenvalue weighted by atomic mass is 16.6. The summed E-state index contributed by atoms with van der Waals surface area (Å²) < 4.78 is 11.0. The standard InChI is InChI=1S/C20H30O4/c1-13(21)23-19(6,7)16-10-15(18(3,4)5)11-17(12-16)20(8,9)24-14(2)22/h10-12H,1-9H3. The first-order valence-electron chi connectivity index (χ1n) is 8.21. The van der Waals surface area contributed by atoms with Crippen molar-refractivity contribution in [3.05, 3.63) is 34.9 Å². The molecule has 0 aliphatic carbocycles. The largest absolute Gasteiger partial charge is 0.455 e. The number of hydrogen-bond acceptors (Lipinski definition) is 4. The van der Waals surface area contributed by atoms with Gasteiger partial charge in [0.05, 0.1) is 0 Å². The van der Waals surface area contributed by atoms with Gasteiger partial charge in [0.2, 0.25) is 0 Å². The first-order chi connectivity index (χ1) is 10.6. The Morgan fingerprint density at radius 2 is 0.958 bits per heavy atom. The zero-order valence-electron chi connectivity index (χ0n) is 16.4. The van der Waals surface area contributed by atoms with Crippen molar-refractivity contribution in [2.75, 3.05) is 0 Å². The summed E-state index contributed by atoms with van der Waals surface area (Å²) in [6, 6.07) is 6.05. The second-order valence-corrected chi connectivity index (χ2v) is 8.26. The molecule has 24 heavy (non-hydrogen) atoms. The van der Waals surface area contributed by atoms with E-state index in [2.05, 4.69) is 32.9 Å². The van der Waals surface area contributed by atoms with Crippen molar-refractivity contribution in [1.82, 2.24) is 0 Å². The number of ether oxygens (including phenoxy) is 2. The molecule has 0 aliphatic heterocycles. The predicted octanol–water partition coefficient (Wildman–Crippen LogP) is 4.58. The van der Waals surface area contributed by atoms with Crippen molar-refractivity contribution in [2.45, 2.75) is 78.9 Å². The SMILES string of the molecule is CC(=O)OC(C)(C)c1cc(C(C)(C)C)cc(C(C)(C)OC(C)=O)c1. The maximum absolute atomic E-state index is 11.5. The van der Waals surface area contributed by atoms with E-state index in [0.29, 0.717) is 0 Å². The molecule has 0 aromatic heterocycles. The normalized spacial score (nSPS) is 12.7. The number of benzene rings is 1. The maximum atomic E-state index is 11.5. The summed E-state index contributed by atoms with van der Waals surface area (Å²) >= 11 is 0. The third kappa shape index (κ3) is 5.08. The van der Waals surface area contributed by atoms with Crippen molar-refractivity contribution in [1.29, 1.82) is 0 Å². The van der Waals surface area contributed by atoms with Crippen molar-refractivity contribution in [3.8, 4) is 0 Å². The summed E-state index contributed by atoms with van der Waals surface area (Å²) in [5, 5.41) is 0. The minimum absolute atomic E-state index is 0.0939. The zero-order chi connectivity index (χ0) is 18.9. The maximum Gasteiger partial charge on any atom is 0.303 e. The van der Waals surface area contributed by atoms with Crippen LogP contribution >= 0.6 is 0 Å². The second kappa shape index (κ2) is 6.58. The highest BCUT2D eigenvalue weighted by molar-refractivity contribution is 5.67. The van der Waals surface area contributed by atoms with Gasteiger partial charge in [-0.15, -0.1) is 0 Å². The van der Waals surface area contributed by atoms with E-state index < -0.39 is 11.2 Å². The highest BCUT2D eigenvalue weighted by Gasteiger charge is 2.31. The van der Waals surface area contributed by atoms with E-state index in [-0.39, 0.29) is 17.4 Å². The lowest BCUT2D eigenvalue weighted by atomic mass is 9.80. The van der Waals surface area contributed by atoms with E-state index in [4.69, 9.17) is 9.47 Å². The van der Waals surface area contributed by atoms with Crippen LogP contribution in [0.3, 0.4) is 0 Å². The number of carbonyl (C=O) groups excluding carboxylic acids is 2. The number of esters is 2. The van der Waals surface area contributed by atoms with Gasteiger partial charge >= 0.3 is 11.9 Å². The third-order valence-electron chi connectivity index (χ3n) is 3.99. The van der Waals surface area contributed by atoms with E-state index in [1.807, 2.05) is 33.8 Å². The van der Waals surface area contributed by atoms with Gasteiger partial charge in [-0.1, -0.05) is 32.9 Å². The quantitative estimate of drug-likeness (QED) is 0.756. The molecule has 0 saturated carbocycles. The first-order valence-corrected chi connectivity index (χ1v) is 8.21. The summed E-state index contributed by atoms with van der Waals surface area (Å²) in [5.41, 5.74) is 1.21. The van der Waals surface area contributed by atoms with Crippen LogP contribution in [0.1, 0.15) is 79.0 Å². The first kappa shape index (κ1) is 20.2. The van der Waals surface area contributed by atoms with Gasteiger partial charge in [0.25, 0.3) is 0 Å². The molecule has 0 saturated heterocycles. The molecule has 1 aromatic carbocycles. The Morgan fingerprint density at radius 3 is 1.21 bits per heavy atom. The van der Waals surface area contributed by atoms with Gasteiger partial charge in [-0.3, -0.25) is 9.59 Å². The van der Waals surface area contributed by atoms with Crippen LogP contribution in [0.15, 0.2) is 18.2 Å². The van der Waals surface area contributed by atoms with Crippen LogP contribution in [-0.4, -0.2) is 11.9 Å². The van der Waals surface area contributed by atoms with Crippen LogP contribution in [0, 0.1) is 0 Å². The topological polar surface area (TPSA) is 52.6 Å². The molecule has 0 heterocycles. The van der Waals surface area contributed by atoms with Crippen LogP contribution in [0.2, 0.25) is 0 Å². The van der Waals surface area contributed by atoms with Crippen LogP contribution in [0.25, 0.3) is 0 Å². The molecule has 4 heteroatoms. The van der Waals surface area contributed by atoms with Crippen molar-refractivity contribution < 1.29 is 19.1 Å². The molecule has 0 unspecified atom stereocenters. The number of carbonyl (C=O) groups is 2. The molecule has 134 valence electrons. The molecule has 0 bridgehead atoms. The average Bonchev–Trinajstić information content (AvgIpc) is 2.34. The summed E-state index contributed by atoms with van der Waals surface area (Å²) in [6.07, 6.45) is 0. The number of rotatable bonds is 4. The molecular weight excluding hydrogens is 304 g/mol. The lowest BCUT2D eigenvalue weighted by Crippen LogP contribution is -2.29. The van der Waals surface area contributed by atoms with Gasteiger partial charge in [0.1, 0.15) is 11.2 Å². The van der Waals surface area contributed by atoms with Crippen LogP contribution < -0.4 is 0 Å². The van der Waals surface area contributed by atoms with Crippen molar-refractivity contribution in [2.24, 2.45) is 0 Å². The van der Waals surface area contributed by atoms with E-state index in [1.54, 1.807) is 0 Å². The van der Waals surface area contributed by atoms with Crippen molar-refractivity contribution in [3.63, 3.8) is 0 Å². The Labute approximate surface area is 145 Å². The van der Waals surface area contributed by atoms with Gasteiger partial charge in [0.15, 0.2) is 0 Å². The lowest BCUT2D eigenvalue weighted by Gasteiger charge is -2.32. The second-order valence-electron chi connectivity index (χ2n) is 8.26. The Morgan fingerprint density at radius 1 is 0.667 bits per heavy atom. The molecular formula is C20H30O4. The molecule has 0 radical (unpaired) electrons. The molecule has 0 fully saturated rings. The van der Waals surface area contributed by atoms with Crippen molar-refractivity contribution >= 4 is 11.9 Å². The number of hydrogen-bond donors (Lipinski definition) is 0. The van der Waals surface area contributed by atoms with Gasteiger partial charge in [-0.25, -0.2) is 0 Å². The fourth-order valence-electron chi connectivity index (χ4n) is 2.59. The van der Waals surface area contributed by atoms with E-state index in [1.165, 1.54) is 13.8 Å². The minimum atomic E-state index is -0.770. The summed E-state index contributed by atoms with van der Waals surface area (Å²) in [6.45, 7) is 16.6. The Bertz CT molecular complexity index is 587. The molecule has 4 nitrogen and oxygen atoms in total. The Kier molecular flexibility index (Phi) is 5.54. The molecule has 0 atom stereocenters. The van der Waals surface area contributed by atoms with Gasteiger partial charge in [-0.2, -0.15) is 0 Å². The van der Waals surface area contributed by atoms with E-state index in [0.717, 1.165) is 16.7 Å². The Hall–Kier alpha value is -1.84. The third-order valence-corrected chi connectivity index (χ3v) is 3.99. The predicted molar refractivity (Wildman–Crippen MR) is 94.7 cm³/mol. The molecule has 1 aromatic rings. The molecule has 0 N–H and O–H groups in total. The summed E-state index contributed by atoms with van der Waals surface area (Å²) in [7, 11) is 0.